The first-order chi connectivity index (χ1) is 9.90. The van der Waals surface area contributed by atoms with Crippen molar-refractivity contribution in [2.24, 2.45) is 0 Å². The Bertz CT molecular complexity index is 673. The summed E-state index contributed by atoms with van der Waals surface area (Å²) in [5.41, 5.74) is 9.76. The third-order valence-electron chi connectivity index (χ3n) is 3.35. The maximum Gasteiger partial charge on any atom is 0.292 e. The summed E-state index contributed by atoms with van der Waals surface area (Å²) < 4.78 is 5.82. The lowest BCUT2D eigenvalue weighted by Crippen LogP contribution is -2.05. The van der Waals surface area contributed by atoms with Crippen LogP contribution in [0.3, 0.4) is 0 Å². The minimum Gasteiger partial charge on any atom is -0.488 e. The Balaban J connectivity index is 2.25. The average molecular weight is 286 g/mol. The molecule has 0 unspecified atom stereocenters. The number of hydrogen-bond acceptors (Lipinski definition) is 4. The van der Waals surface area contributed by atoms with E-state index < -0.39 is 4.92 Å². The molecule has 0 aliphatic heterocycles. The number of anilines is 1. The molecule has 5 heteroatoms. The van der Waals surface area contributed by atoms with Crippen LogP contribution < -0.4 is 10.5 Å². The molecule has 0 radical (unpaired) electrons. The van der Waals surface area contributed by atoms with E-state index in [0.717, 1.165) is 16.9 Å². The van der Waals surface area contributed by atoms with E-state index in [4.69, 9.17) is 10.5 Å². The highest BCUT2D eigenvalue weighted by atomic mass is 16.6. The molecule has 0 aliphatic rings. The second-order valence-electron chi connectivity index (χ2n) is 5.12. The number of rotatable bonds is 4. The van der Waals surface area contributed by atoms with Crippen molar-refractivity contribution in [2.45, 2.75) is 27.4 Å². The molecular weight excluding hydrogens is 268 g/mol. The van der Waals surface area contributed by atoms with Crippen LogP contribution in [0.25, 0.3) is 0 Å². The minimum absolute atomic E-state index is 0.0894. The largest absolute Gasteiger partial charge is 0.488 e. The number of nitro benzene ring substituents is 1. The Hall–Kier alpha value is -2.56. The summed E-state index contributed by atoms with van der Waals surface area (Å²) in [6.45, 7) is 6.19. The molecule has 0 saturated carbocycles. The van der Waals surface area contributed by atoms with E-state index in [-0.39, 0.29) is 18.0 Å². The molecule has 2 aromatic carbocycles. The molecule has 0 atom stereocenters. The highest BCUT2D eigenvalue weighted by Crippen LogP contribution is 2.29. The molecule has 2 N–H and O–H groups in total. The van der Waals surface area contributed by atoms with Gasteiger partial charge in [-0.1, -0.05) is 29.8 Å². The molecule has 2 rings (SSSR count). The Morgan fingerprint density at radius 1 is 1.19 bits per heavy atom. The van der Waals surface area contributed by atoms with Crippen LogP contribution in [0, 0.1) is 30.9 Å². The molecule has 0 bridgehead atoms. The number of benzene rings is 2. The van der Waals surface area contributed by atoms with E-state index in [9.17, 15) is 10.1 Å². The Morgan fingerprint density at radius 2 is 1.81 bits per heavy atom. The zero-order valence-corrected chi connectivity index (χ0v) is 12.3. The molecule has 0 heterocycles. The quantitative estimate of drug-likeness (QED) is 0.528. The highest BCUT2D eigenvalue weighted by Gasteiger charge is 2.15. The van der Waals surface area contributed by atoms with Gasteiger partial charge in [0.15, 0.2) is 0 Å². The van der Waals surface area contributed by atoms with Gasteiger partial charge in [-0.3, -0.25) is 10.1 Å². The predicted molar refractivity (Wildman–Crippen MR) is 82.5 cm³/mol. The topological polar surface area (TPSA) is 78.4 Å². The summed E-state index contributed by atoms with van der Waals surface area (Å²) in [5, 5.41) is 10.9. The lowest BCUT2D eigenvalue weighted by molar-refractivity contribution is -0.384. The van der Waals surface area contributed by atoms with E-state index >= 15 is 0 Å². The summed E-state index contributed by atoms with van der Waals surface area (Å²) >= 11 is 0. The molecule has 21 heavy (non-hydrogen) atoms. The van der Waals surface area contributed by atoms with E-state index in [1.807, 2.05) is 32.9 Å². The van der Waals surface area contributed by atoms with Crippen LogP contribution in [-0.2, 0) is 6.61 Å². The molecule has 0 spiro atoms. The molecule has 0 saturated heterocycles. The number of nitrogens with two attached hydrogens (primary N) is 1. The Labute approximate surface area is 123 Å². The van der Waals surface area contributed by atoms with E-state index in [1.165, 1.54) is 11.6 Å². The number of ether oxygens (including phenoxy) is 1. The van der Waals surface area contributed by atoms with Gasteiger partial charge in [0.25, 0.3) is 5.69 Å². The third-order valence-corrected chi connectivity index (χ3v) is 3.35. The summed E-state index contributed by atoms with van der Waals surface area (Å²) in [6, 6.07) is 8.82. The van der Waals surface area contributed by atoms with Crippen LogP contribution in [0.1, 0.15) is 22.3 Å². The van der Waals surface area contributed by atoms with Gasteiger partial charge in [0.05, 0.1) is 4.92 Å². The van der Waals surface area contributed by atoms with Crippen molar-refractivity contribution in [3.63, 3.8) is 0 Å². The Morgan fingerprint density at radius 3 is 2.38 bits per heavy atom. The van der Waals surface area contributed by atoms with Crippen LogP contribution in [-0.4, -0.2) is 4.92 Å². The number of nitro groups is 1. The van der Waals surface area contributed by atoms with Crippen LogP contribution >= 0.6 is 0 Å². The maximum atomic E-state index is 10.9. The van der Waals surface area contributed by atoms with Gasteiger partial charge in [-0.15, -0.1) is 0 Å². The van der Waals surface area contributed by atoms with Gasteiger partial charge < -0.3 is 10.5 Å². The molecule has 2 aromatic rings. The lowest BCUT2D eigenvalue weighted by atomic mass is 10.1. The zero-order chi connectivity index (χ0) is 15.6. The van der Waals surface area contributed by atoms with E-state index in [1.54, 1.807) is 12.1 Å². The fourth-order valence-corrected chi connectivity index (χ4v) is 2.43. The van der Waals surface area contributed by atoms with Crippen molar-refractivity contribution in [3.05, 3.63) is 62.7 Å². The number of nitrogens with zero attached hydrogens (tertiary/aromatic N) is 1. The smallest absolute Gasteiger partial charge is 0.292 e. The SMILES string of the molecule is Cc1cc(C)c(OCc2cccc([N+](=O)[O-])c2N)c(C)c1. The van der Waals surface area contributed by atoms with Crippen molar-refractivity contribution in [1.82, 2.24) is 0 Å². The van der Waals surface area contributed by atoms with Crippen LogP contribution in [0.5, 0.6) is 5.75 Å². The minimum atomic E-state index is -0.485. The molecule has 0 aromatic heterocycles. The van der Waals surface area contributed by atoms with Crippen molar-refractivity contribution < 1.29 is 9.66 Å². The zero-order valence-electron chi connectivity index (χ0n) is 12.3. The maximum absolute atomic E-state index is 10.9. The van der Waals surface area contributed by atoms with E-state index in [0.29, 0.717) is 5.56 Å². The predicted octanol–water partition coefficient (Wildman–Crippen LogP) is 3.68. The molecule has 5 nitrogen and oxygen atoms in total. The highest BCUT2D eigenvalue weighted by molar-refractivity contribution is 5.62. The fraction of sp³-hybridized carbons (Fsp3) is 0.250. The number of aryl methyl sites for hydroxylation is 3. The number of para-hydroxylation sites is 1. The number of nitrogen functional groups attached to an aromatic ring is 1. The van der Waals surface area contributed by atoms with E-state index in [2.05, 4.69) is 0 Å². The Kier molecular flexibility index (Phi) is 4.12. The summed E-state index contributed by atoms with van der Waals surface area (Å²) in [6.07, 6.45) is 0. The standard InChI is InChI=1S/C16H18N2O3/c1-10-7-11(2)16(12(3)8-10)21-9-13-5-4-6-14(15(13)17)18(19)20/h4-8H,9,17H2,1-3H3. The third kappa shape index (κ3) is 3.13. The van der Waals surface area contributed by atoms with Gasteiger partial charge in [0.1, 0.15) is 18.0 Å². The van der Waals surface area contributed by atoms with Crippen molar-refractivity contribution >= 4 is 11.4 Å². The first-order valence-corrected chi connectivity index (χ1v) is 6.62. The second kappa shape index (κ2) is 5.83. The average Bonchev–Trinajstić information content (AvgIpc) is 2.38. The number of hydrogen-bond donors (Lipinski definition) is 1. The van der Waals surface area contributed by atoms with Crippen molar-refractivity contribution in [1.29, 1.82) is 0 Å². The van der Waals surface area contributed by atoms with Gasteiger partial charge in [-0.2, -0.15) is 0 Å². The van der Waals surface area contributed by atoms with Crippen molar-refractivity contribution in [2.75, 3.05) is 5.73 Å². The molecule has 0 fully saturated rings. The summed E-state index contributed by atoms with van der Waals surface area (Å²) in [5.74, 6) is 0.798. The van der Waals surface area contributed by atoms with Gasteiger partial charge in [0.2, 0.25) is 0 Å². The molecule has 0 aliphatic carbocycles. The first kappa shape index (κ1) is 14.8. The van der Waals surface area contributed by atoms with Gasteiger partial charge in [-0.25, -0.2) is 0 Å². The summed E-state index contributed by atoms with van der Waals surface area (Å²) in [4.78, 5) is 10.4. The fourth-order valence-electron chi connectivity index (χ4n) is 2.43. The normalized spacial score (nSPS) is 10.4. The molecule has 110 valence electrons. The van der Waals surface area contributed by atoms with Crippen LogP contribution in [0.4, 0.5) is 11.4 Å². The molecule has 0 amide bonds. The lowest BCUT2D eigenvalue weighted by Gasteiger charge is -2.14. The second-order valence-corrected chi connectivity index (χ2v) is 5.12. The van der Waals surface area contributed by atoms with Gasteiger partial charge >= 0.3 is 0 Å². The van der Waals surface area contributed by atoms with Crippen LogP contribution in [0.2, 0.25) is 0 Å². The van der Waals surface area contributed by atoms with Crippen molar-refractivity contribution in [3.8, 4) is 5.75 Å². The van der Waals surface area contributed by atoms with Crippen LogP contribution in [0.15, 0.2) is 30.3 Å². The summed E-state index contributed by atoms with van der Waals surface area (Å²) in [7, 11) is 0. The van der Waals surface area contributed by atoms with Gasteiger partial charge in [-0.05, 0) is 31.9 Å². The first-order valence-electron chi connectivity index (χ1n) is 6.62. The van der Waals surface area contributed by atoms with Gasteiger partial charge in [0, 0.05) is 11.6 Å². The monoisotopic (exact) mass is 286 g/mol. The molecular formula is C16H18N2O3.